The summed E-state index contributed by atoms with van der Waals surface area (Å²) < 4.78 is 10.3. The minimum absolute atomic E-state index is 0.157. The Bertz CT molecular complexity index is 513. The van der Waals surface area contributed by atoms with Crippen molar-refractivity contribution in [1.29, 1.82) is 0 Å². The molecule has 1 unspecified atom stereocenters. The maximum atomic E-state index is 11.9. The third-order valence-corrected chi connectivity index (χ3v) is 3.29. The van der Waals surface area contributed by atoms with Crippen molar-refractivity contribution in [2.45, 2.75) is 38.7 Å². The first-order chi connectivity index (χ1) is 9.65. The Balaban J connectivity index is 2.10. The molecule has 5 heteroatoms. The minimum Gasteiger partial charge on any atom is -0.478 e. The fourth-order valence-corrected chi connectivity index (χ4v) is 2.17. The number of amides is 1. The van der Waals surface area contributed by atoms with Crippen LogP contribution in [-0.4, -0.2) is 25.1 Å². The molecule has 1 aromatic rings. The Morgan fingerprint density at radius 3 is 2.90 bits per heavy atom. The van der Waals surface area contributed by atoms with Crippen LogP contribution < -0.4 is 10.1 Å². The van der Waals surface area contributed by atoms with Gasteiger partial charge in [0.15, 0.2) is 6.10 Å². The lowest BCUT2D eigenvalue weighted by Gasteiger charge is -2.26. The number of rotatable bonds is 5. The van der Waals surface area contributed by atoms with Gasteiger partial charge in [-0.05, 0) is 31.0 Å². The number of ether oxygens (including phenoxy) is 2. The fraction of sp³-hybridized carbons (Fsp3) is 0.467. The van der Waals surface area contributed by atoms with Crippen LogP contribution in [0.4, 0.5) is 5.69 Å². The van der Waals surface area contributed by atoms with E-state index in [1.165, 1.54) is 7.11 Å². The first kappa shape index (κ1) is 14.4. The van der Waals surface area contributed by atoms with E-state index >= 15 is 0 Å². The number of hydrogen-bond donors (Lipinski definition) is 1. The number of carbonyl (C=O) groups excluding carboxylic acids is 2. The fourth-order valence-electron chi connectivity index (χ4n) is 2.17. The highest BCUT2D eigenvalue weighted by Crippen LogP contribution is 2.31. The van der Waals surface area contributed by atoms with E-state index in [-0.39, 0.29) is 5.91 Å². The van der Waals surface area contributed by atoms with Crippen molar-refractivity contribution in [3.63, 3.8) is 0 Å². The number of hydrogen-bond acceptors (Lipinski definition) is 4. The summed E-state index contributed by atoms with van der Waals surface area (Å²) in [6, 6.07) is 4.89. The van der Waals surface area contributed by atoms with Gasteiger partial charge in [0, 0.05) is 0 Å². The van der Waals surface area contributed by atoms with Gasteiger partial charge in [0.05, 0.1) is 18.4 Å². The maximum Gasteiger partial charge on any atom is 0.337 e. The molecule has 1 amide bonds. The SMILES string of the molecule is CCCCCC1Oc2ccc(C(=O)OC)cc2NC1=O. The van der Waals surface area contributed by atoms with Crippen LogP contribution in [-0.2, 0) is 9.53 Å². The van der Waals surface area contributed by atoms with Gasteiger partial charge in [-0.2, -0.15) is 0 Å². The summed E-state index contributed by atoms with van der Waals surface area (Å²) >= 11 is 0. The van der Waals surface area contributed by atoms with E-state index in [1.807, 2.05) is 0 Å². The van der Waals surface area contributed by atoms with Gasteiger partial charge in [-0.15, -0.1) is 0 Å². The zero-order valence-corrected chi connectivity index (χ0v) is 11.8. The minimum atomic E-state index is -0.446. The van der Waals surface area contributed by atoms with Gasteiger partial charge in [0.2, 0.25) is 0 Å². The van der Waals surface area contributed by atoms with Gasteiger partial charge < -0.3 is 14.8 Å². The Morgan fingerprint density at radius 2 is 2.20 bits per heavy atom. The molecule has 108 valence electrons. The second-order valence-electron chi connectivity index (χ2n) is 4.79. The molecule has 1 aliphatic heterocycles. The van der Waals surface area contributed by atoms with E-state index in [4.69, 9.17) is 4.74 Å². The van der Waals surface area contributed by atoms with E-state index in [2.05, 4.69) is 17.0 Å². The number of anilines is 1. The normalized spacial score (nSPS) is 16.9. The van der Waals surface area contributed by atoms with Crippen molar-refractivity contribution < 1.29 is 19.1 Å². The monoisotopic (exact) mass is 277 g/mol. The molecule has 0 saturated carbocycles. The molecule has 1 N–H and O–H groups in total. The molecular weight excluding hydrogens is 258 g/mol. The van der Waals surface area contributed by atoms with Crippen LogP contribution in [0.1, 0.15) is 43.0 Å². The standard InChI is InChI=1S/C15H19NO4/c1-3-4-5-6-13-14(17)16-11-9-10(15(18)19-2)7-8-12(11)20-13/h7-9,13H,3-6H2,1-2H3,(H,16,17). The average molecular weight is 277 g/mol. The van der Waals surface area contributed by atoms with Crippen LogP contribution in [0.2, 0.25) is 0 Å². The predicted molar refractivity (Wildman–Crippen MR) is 75.0 cm³/mol. The molecule has 0 aliphatic carbocycles. The van der Waals surface area contributed by atoms with Gasteiger partial charge in [-0.3, -0.25) is 4.79 Å². The Labute approximate surface area is 118 Å². The van der Waals surface area contributed by atoms with E-state index in [9.17, 15) is 9.59 Å². The molecule has 0 bridgehead atoms. The first-order valence-corrected chi connectivity index (χ1v) is 6.85. The van der Waals surface area contributed by atoms with Gasteiger partial charge in [-0.1, -0.05) is 19.8 Å². The summed E-state index contributed by atoms with van der Waals surface area (Å²) in [7, 11) is 1.32. The van der Waals surface area contributed by atoms with E-state index in [0.717, 1.165) is 19.3 Å². The number of unbranched alkanes of at least 4 members (excludes halogenated alkanes) is 2. The lowest BCUT2D eigenvalue weighted by atomic mass is 10.1. The van der Waals surface area contributed by atoms with Crippen LogP contribution in [0, 0.1) is 0 Å². The number of carbonyl (C=O) groups is 2. The van der Waals surface area contributed by atoms with Crippen molar-refractivity contribution in [1.82, 2.24) is 0 Å². The number of fused-ring (bicyclic) bond motifs is 1. The van der Waals surface area contributed by atoms with Crippen LogP contribution in [0.5, 0.6) is 5.75 Å². The van der Waals surface area contributed by atoms with E-state index < -0.39 is 12.1 Å². The number of benzene rings is 1. The summed E-state index contributed by atoms with van der Waals surface area (Å²) in [6.07, 6.45) is 3.41. The quantitative estimate of drug-likeness (QED) is 0.664. The third-order valence-electron chi connectivity index (χ3n) is 3.29. The lowest BCUT2D eigenvalue weighted by molar-refractivity contribution is -0.123. The van der Waals surface area contributed by atoms with E-state index in [1.54, 1.807) is 18.2 Å². The molecule has 0 radical (unpaired) electrons. The summed E-state index contributed by atoms with van der Waals surface area (Å²) in [4.78, 5) is 23.4. The summed E-state index contributed by atoms with van der Waals surface area (Å²) in [5.74, 6) is 0.00138. The van der Waals surface area contributed by atoms with Gasteiger partial charge >= 0.3 is 5.97 Å². The number of nitrogens with one attached hydrogen (secondary N) is 1. The molecule has 20 heavy (non-hydrogen) atoms. The summed E-state index contributed by atoms with van der Waals surface area (Å²) in [5, 5.41) is 2.78. The van der Waals surface area contributed by atoms with Gasteiger partial charge in [0.25, 0.3) is 5.91 Å². The van der Waals surface area contributed by atoms with Gasteiger partial charge in [-0.25, -0.2) is 4.79 Å². The van der Waals surface area contributed by atoms with Crippen molar-refractivity contribution in [2.24, 2.45) is 0 Å². The van der Waals surface area contributed by atoms with Crippen LogP contribution in [0.15, 0.2) is 18.2 Å². The maximum absolute atomic E-state index is 11.9. The first-order valence-electron chi connectivity index (χ1n) is 6.85. The smallest absolute Gasteiger partial charge is 0.337 e. The highest BCUT2D eigenvalue weighted by Gasteiger charge is 2.27. The third kappa shape index (κ3) is 3.10. The van der Waals surface area contributed by atoms with E-state index in [0.29, 0.717) is 23.4 Å². The molecule has 1 aromatic carbocycles. The molecule has 5 nitrogen and oxygen atoms in total. The summed E-state index contributed by atoms with van der Waals surface area (Å²) in [5.41, 5.74) is 0.907. The Kier molecular flexibility index (Phi) is 4.61. The molecule has 1 aliphatic rings. The molecule has 0 aromatic heterocycles. The van der Waals surface area contributed by atoms with Crippen LogP contribution in [0.3, 0.4) is 0 Å². The second-order valence-corrected chi connectivity index (χ2v) is 4.79. The predicted octanol–water partition coefficient (Wildman–Crippen LogP) is 2.75. The zero-order valence-electron chi connectivity index (χ0n) is 11.8. The second kappa shape index (κ2) is 6.41. The zero-order chi connectivity index (χ0) is 14.5. The lowest BCUT2D eigenvalue weighted by Crippen LogP contribution is -2.37. The van der Waals surface area contributed by atoms with Gasteiger partial charge in [0.1, 0.15) is 5.75 Å². The van der Waals surface area contributed by atoms with Crippen molar-refractivity contribution in [3.8, 4) is 5.75 Å². The number of esters is 1. The van der Waals surface area contributed by atoms with Crippen molar-refractivity contribution >= 4 is 17.6 Å². The molecule has 0 spiro atoms. The molecule has 1 atom stereocenters. The molecule has 0 saturated heterocycles. The average Bonchev–Trinajstić information content (AvgIpc) is 2.46. The Hall–Kier alpha value is -2.04. The molecule has 1 heterocycles. The highest BCUT2D eigenvalue weighted by molar-refractivity contribution is 5.99. The topological polar surface area (TPSA) is 64.6 Å². The summed E-state index contributed by atoms with van der Waals surface area (Å²) in [6.45, 7) is 2.12. The largest absolute Gasteiger partial charge is 0.478 e. The molecular formula is C15H19NO4. The number of methoxy groups -OCH3 is 1. The molecule has 0 fully saturated rings. The van der Waals surface area contributed by atoms with Crippen LogP contribution >= 0.6 is 0 Å². The van der Waals surface area contributed by atoms with Crippen molar-refractivity contribution in [2.75, 3.05) is 12.4 Å². The van der Waals surface area contributed by atoms with Crippen LogP contribution in [0.25, 0.3) is 0 Å². The molecule has 2 rings (SSSR count). The Morgan fingerprint density at radius 1 is 1.40 bits per heavy atom. The van der Waals surface area contributed by atoms with Crippen molar-refractivity contribution in [3.05, 3.63) is 23.8 Å². The highest BCUT2D eigenvalue weighted by atomic mass is 16.5.